The minimum absolute atomic E-state index is 0.278. The van der Waals surface area contributed by atoms with Crippen LogP contribution in [0.1, 0.15) is 26.7 Å². The van der Waals surface area contributed by atoms with Gasteiger partial charge >= 0.3 is 11.9 Å². The van der Waals surface area contributed by atoms with Gasteiger partial charge in [0, 0.05) is 0 Å². The highest BCUT2D eigenvalue weighted by atomic mass is 16.4. The number of rotatable bonds is 3. The molecule has 2 aromatic rings. The van der Waals surface area contributed by atoms with E-state index in [1.807, 2.05) is 0 Å². The smallest absolute Gasteiger partial charge is 0.354 e. The summed E-state index contributed by atoms with van der Waals surface area (Å²) in [6, 6.07) is 2.45. The molecule has 8 heteroatoms. The lowest BCUT2D eigenvalue weighted by Gasteiger charge is -2.03. The highest BCUT2D eigenvalue weighted by molar-refractivity contribution is 5.90. The SMILES string of the molecule is Cc1cn(-c2cc(C(=O)O)nc(C(=O)O)c2)nn1. The molecule has 0 radical (unpaired) electrons. The van der Waals surface area contributed by atoms with Gasteiger partial charge in [0.05, 0.1) is 17.6 Å². The first kappa shape index (κ1) is 11.7. The third-order valence-electron chi connectivity index (χ3n) is 2.12. The summed E-state index contributed by atoms with van der Waals surface area (Å²) in [4.78, 5) is 25.2. The van der Waals surface area contributed by atoms with Gasteiger partial charge in [-0.2, -0.15) is 0 Å². The van der Waals surface area contributed by atoms with Crippen molar-refractivity contribution in [3.8, 4) is 5.69 Å². The van der Waals surface area contributed by atoms with E-state index in [2.05, 4.69) is 15.3 Å². The van der Waals surface area contributed by atoms with E-state index in [4.69, 9.17) is 10.2 Å². The summed E-state index contributed by atoms with van der Waals surface area (Å²) in [6.45, 7) is 1.71. The molecule has 92 valence electrons. The van der Waals surface area contributed by atoms with E-state index in [9.17, 15) is 9.59 Å². The number of carboxylic acids is 2. The molecule has 2 aromatic heterocycles. The van der Waals surface area contributed by atoms with Gasteiger partial charge in [-0.1, -0.05) is 5.21 Å². The molecule has 0 atom stereocenters. The summed E-state index contributed by atoms with van der Waals surface area (Å²) >= 11 is 0. The summed E-state index contributed by atoms with van der Waals surface area (Å²) in [7, 11) is 0. The van der Waals surface area contributed by atoms with E-state index in [0.29, 0.717) is 5.69 Å². The molecule has 0 aliphatic heterocycles. The fraction of sp³-hybridized carbons (Fsp3) is 0.100. The average Bonchev–Trinajstić information content (AvgIpc) is 2.75. The lowest BCUT2D eigenvalue weighted by Crippen LogP contribution is -2.10. The fourth-order valence-corrected chi connectivity index (χ4v) is 1.34. The average molecular weight is 248 g/mol. The molecule has 0 amide bonds. The first-order valence-corrected chi connectivity index (χ1v) is 4.85. The van der Waals surface area contributed by atoms with E-state index in [1.165, 1.54) is 16.8 Å². The quantitative estimate of drug-likeness (QED) is 0.805. The molecule has 0 saturated heterocycles. The van der Waals surface area contributed by atoms with E-state index in [-0.39, 0.29) is 17.1 Å². The first-order valence-electron chi connectivity index (χ1n) is 4.85. The molecule has 0 unspecified atom stereocenters. The maximum Gasteiger partial charge on any atom is 0.354 e. The predicted molar refractivity (Wildman–Crippen MR) is 57.8 cm³/mol. The Kier molecular flexibility index (Phi) is 2.76. The highest BCUT2D eigenvalue weighted by Gasteiger charge is 2.14. The molecule has 0 aliphatic rings. The standard InChI is InChI=1S/C10H8N4O4/c1-5-4-14(13-12-5)6-2-7(9(15)16)11-8(3-6)10(17)18/h2-4H,1H3,(H,15,16)(H,17,18). The van der Waals surface area contributed by atoms with Crippen molar-refractivity contribution in [3.05, 3.63) is 35.4 Å². The van der Waals surface area contributed by atoms with Gasteiger partial charge in [0.2, 0.25) is 0 Å². The van der Waals surface area contributed by atoms with Crippen molar-refractivity contribution in [1.82, 2.24) is 20.0 Å². The van der Waals surface area contributed by atoms with Crippen LogP contribution >= 0.6 is 0 Å². The Balaban J connectivity index is 2.60. The first-order chi connectivity index (χ1) is 8.47. The zero-order valence-electron chi connectivity index (χ0n) is 9.23. The maximum atomic E-state index is 10.9. The van der Waals surface area contributed by atoms with Crippen LogP contribution in [0.25, 0.3) is 5.69 Å². The Morgan fingerprint density at radius 3 is 2.11 bits per heavy atom. The summed E-state index contributed by atoms with van der Waals surface area (Å²) in [6.07, 6.45) is 1.55. The Labute approximate surface area is 101 Å². The van der Waals surface area contributed by atoms with Gasteiger partial charge in [-0.25, -0.2) is 19.3 Å². The molecular weight excluding hydrogens is 240 g/mol. The number of aromatic carboxylic acids is 2. The van der Waals surface area contributed by atoms with E-state index in [1.54, 1.807) is 13.1 Å². The number of nitrogens with zero attached hydrogens (tertiary/aromatic N) is 4. The number of aryl methyl sites for hydroxylation is 1. The van der Waals surface area contributed by atoms with E-state index in [0.717, 1.165) is 0 Å². The Morgan fingerprint density at radius 2 is 1.72 bits per heavy atom. The molecule has 0 spiro atoms. The van der Waals surface area contributed by atoms with Gasteiger partial charge in [0.1, 0.15) is 0 Å². The molecule has 2 N–H and O–H groups in total. The monoisotopic (exact) mass is 248 g/mol. The normalized spacial score (nSPS) is 10.3. The minimum atomic E-state index is -1.31. The summed E-state index contributed by atoms with van der Waals surface area (Å²) in [5, 5.41) is 25.2. The number of hydrogen-bond acceptors (Lipinski definition) is 5. The fourth-order valence-electron chi connectivity index (χ4n) is 1.34. The zero-order valence-corrected chi connectivity index (χ0v) is 9.23. The predicted octanol–water partition coefficient (Wildman–Crippen LogP) is 0.367. The van der Waals surface area contributed by atoms with Crippen molar-refractivity contribution < 1.29 is 19.8 Å². The highest BCUT2D eigenvalue weighted by Crippen LogP contribution is 2.11. The van der Waals surface area contributed by atoms with Gasteiger partial charge in [0.15, 0.2) is 11.4 Å². The molecule has 0 bridgehead atoms. The number of hydrogen-bond donors (Lipinski definition) is 2. The topological polar surface area (TPSA) is 118 Å². The van der Waals surface area contributed by atoms with Gasteiger partial charge in [0.25, 0.3) is 0 Å². The van der Waals surface area contributed by atoms with Crippen molar-refractivity contribution >= 4 is 11.9 Å². The molecule has 0 fully saturated rings. The van der Waals surface area contributed by atoms with Gasteiger partial charge < -0.3 is 10.2 Å². The van der Waals surface area contributed by atoms with Gasteiger partial charge in [-0.15, -0.1) is 5.10 Å². The van der Waals surface area contributed by atoms with Crippen molar-refractivity contribution in [2.75, 3.05) is 0 Å². The van der Waals surface area contributed by atoms with Gasteiger partial charge in [-0.05, 0) is 19.1 Å². The lowest BCUT2D eigenvalue weighted by molar-refractivity contribution is 0.0685. The van der Waals surface area contributed by atoms with Crippen LogP contribution in [0.4, 0.5) is 0 Å². The van der Waals surface area contributed by atoms with Gasteiger partial charge in [-0.3, -0.25) is 0 Å². The van der Waals surface area contributed by atoms with Crippen molar-refractivity contribution in [3.63, 3.8) is 0 Å². The van der Waals surface area contributed by atoms with Crippen molar-refractivity contribution in [1.29, 1.82) is 0 Å². The van der Waals surface area contributed by atoms with Crippen LogP contribution in [0.3, 0.4) is 0 Å². The van der Waals surface area contributed by atoms with Crippen LogP contribution in [0, 0.1) is 6.92 Å². The second-order valence-electron chi connectivity index (χ2n) is 3.51. The minimum Gasteiger partial charge on any atom is -0.477 e. The molecule has 2 heterocycles. The maximum absolute atomic E-state index is 10.9. The number of carboxylic acid groups (broad SMARTS) is 2. The van der Waals surface area contributed by atoms with Crippen LogP contribution in [-0.2, 0) is 0 Å². The van der Waals surface area contributed by atoms with Crippen LogP contribution in [0.15, 0.2) is 18.3 Å². The molecule has 2 rings (SSSR count). The molecule has 0 saturated carbocycles. The number of pyridine rings is 1. The van der Waals surface area contributed by atoms with Crippen molar-refractivity contribution in [2.45, 2.75) is 6.92 Å². The Bertz CT molecular complexity index is 602. The zero-order chi connectivity index (χ0) is 13.3. The third-order valence-corrected chi connectivity index (χ3v) is 2.12. The Hall–Kier alpha value is -2.77. The van der Waals surface area contributed by atoms with Crippen LogP contribution in [0.2, 0.25) is 0 Å². The second-order valence-corrected chi connectivity index (χ2v) is 3.51. The van der Waals surface area contributed by atoms with Crippen molar-refractivity contribution in [2.24, 2.45) is 0 Å². The Morgan fingerprint density at radius 1 is 1.17 bits per heavy atom. The van der Waals surface area contributed by atoms with Crippen LogP contribution in [0.5, 0.6) is 0 Å². The summed E-state index contributed by atoms with van der Waals surface area (Å²) < 4.78 is 1.29. The summed E-state index contributed by atoms with van der Waals surface area (Å²) in [5.74, 6) is -2.62. The number of aromatic nitrogens is 4. The summed E-state index contributed by atoms with van der Waals surface area (Å²) in [5.41, 5.74) is 0.178. The largest absolute Gasteiger partial charge is 0.477 e. The van der Waals surface area contributed by atoms with E-state index >= 15 is 0 Å². The molecule has 18 heavy (non-hydrogen) atoms. The molecule has 8 nitrogen and oxygen atoms in total. The molecule has 0 aliphatic carbocycles. The molecular formula is C10H8N4O4. The van der Waals surface area contributed by atoms with Crippen LogP contribution in [-0.4, -0.2) is 42.1 Å². The number of carbonyl (C=O) groups is 2. The van der Waals surface area contributed by atoms with E-state index < -0.39 is 11.9 Å². The third kappa shape index (κ3) is 2.17. The second kappa shape index (κ2) is 4.24. The lowest BCUT2D eigenvalue weighted by atomic mass is 10.2. The molecule has 0 aromatic carbocycles. The van der Waals surface area contributed by atoms with Crippen LogP contribution < -0.4 is 0 Å².